The number of hydrogen-bond acceptors (Lipinski definition) is 7. The highest BCUT2D eigenvalue weighted by atomic mass is 16.5. The number of methoxy groups -OCH3 is 1. The van der Waals surface area contributed by atoms with E-state index in [1.165, 1.54) is 4.57 Å². The van der Waals surface area contributed by atoms with Crippen molar-refractivity contribution in [1.29, 1.82) is 5.26 Å². The van der Waals surface area contributed by atoms with Gasteiger partial charge in [-0.1, -0.05) is 30.3 Å². The van der Waals surface area contributed by atoms with Crippen molar-refractivity contribution in [3.63, 3.8) is 0 Å². The summed E-state index contributed by atoms with van der Waals surface area (Å²) in [5.74, 6) is -0.716. The lowest BCUT2D eigenvalue weighted by atomic mass is 10.0. The number of carbonyl (C=O) groups is 1. The van der Waals surface area contributed by atoms with Gasteiger partial charge in [0.2, 0.25) is 0 Å². The van der Waals surface area contributed by atoms with E-state index in [2.05, 4.69) is 16.7 Å². The van der Waals surface area contributed by atoms with Crippen LogP contribution in [0.2, 0.25) is 0 Å². The summed E-state index contributed by atoms with van der Waals surface area (Å²) in [6.07, 6.45) is -0.400. The van der Waals surface area contributed by atoms with Crippen LogP contribution < -0.4 is 16.4 Å². The van der Waals surface area contributed by atoms with Gasteiger partial charge in [-0.05, 0) is 28.8 Å². The molecule has 1 saturated heterocycles. The molecular formula is C24H26N4O5. The Kier molecular flexibility index (Phi) is 6.89. The maximum absolute atomic E-state index is 12.6. The Balaban J connectivity index is 1.40. The van der Waals surface area contributed by atoms with Crippen molar-refractivity contribution in [3.8, 4) is 17.2 Å². The number of nitriles is 1. The molecule has 3 unspecified atom stereocenters. The van der Waals surface area contributed by atoms with Crippen molar-refractivity contribution >= 4 is 17.0 Å². The van der Waals surface area contributed by atoms with Crippen molar-refractivity contribution < 1.29 is 18.7 Å². The predicted molar refractivity (Wildman–Crippen MR) is 122 cm³/mol. The van der Waals surface area contributed by atoms with Gasteiger partial charge in [0, 0.05) is 33.7 Å². The van der Waals surface area contributed by atoms with Crippen molar-refractivity contribution in [2.24, 2.45) is 7.05 Å². The average molecular weight is 450 g/mol. The van der Waals surface area contributed by atoms with E-state index in [1.807, 2.05) is 36.4 Å². The number of nitrogens with zero attached hydrogens (tertiary/aromatic N) is 2. The van der Waals surface area contributed by atoms with Gasteiger partial charge in [0.25, 0.3) is 5.91 Å². The number of aryl methyl sites for hydroxylation is 1. The highest BCUT2D eigenvalue weighted by Gasteiger charge is 2.26. The van der Waals surface area contributed by atoms with Crippen LogP contribution in [0.1, 0.15) is 5.56 Å². The molecule has 1 aromatic heterocycles. The summed E-state index contributed by atoms with van der Waals surface area (Å²) < 4.78 is 17.5. The van der Waals surface area contributed by atoms with Crippen LogP contribution in [0.25, 0.3) is 22.2 Å². The predicted octanol–water partition coefficient (Wildman–Crippen LogP) is 1.35. The molecule has 2 aromatic carbocycles. The first-order valence-corrected chi connectivity index (χ1v) is 10.7. The minimum Gasteiger partial charge on any atom is -0.408 e. The molecular weight excluding hydrogens is 424 g/mol. The smallest absolute Gasteiger partial charge is 0.408 e. The van der Waals surface area contributed by atoms with Crippen LogP contribution in [-0.2, 0) is 27.7 Å². The van der Waals surface area contributed by atoms with Crippen LogP contribution in [0.5, 0.6) is 0 Å². The van der Waals surface area contributed by atoms with Gasteiger partial charge in [-0.3, -0.25) is 9.36 Å². The Bertz CT molecular complexity index is 1220. The Labute approximate surface area is 190 Å². The number of fused-ring (bicyclic) bond motifs is 1. The molecule has 0 saturated carbocycles. The van der Waals surface area contributed by atoms with Crippen LogP contribution in [0.4, 0.5) is 0 Å². The van der Waals surface area contributed by atoms with E-state index in [-0.39, 0.29) is 12.0 Å². The van der Waals surface area contributed by atoms with Gasteiger partial charge in [-0.25, -0.2) is 4.79 Å². The molecule has 9 nitrogen and oxygen atoms in total. The van der Waals surface area contributed by atoms with Gasteiger partial charge < -0.3 is 24.5 Å². The second-order valence-corrected chi connectivity index (χ2v) is 8.04. The summed E-state index contributed by atoms with van der Waals surface area (Å²) >= 11 is 0. The fourth-order valence-electron chi connectivity index (χ4n) is 3.81. The molecule has 2 N–H and O–H groups in total. The Morgan fingerprint density at radius 1 is 1.27 bits per heavy atom. The summed E-state index contributed by atoms with van der Waals surface area (Å²) in [6, 6.07) is 14.8. The molecule has 33 heavy (non-hydrogen) atoms. The molecule has 2 heterocycles. The van der Waals surface area contributed by atoms with Gasteiger partial charge in [-0.2, -0.15) is 5.26 Å². The summed E-state index contributed by atoms with van der Waals surface area (Å²) in [5.41, 5.74) is 4.10. The third kappa shape index (κ3) is 5.14. The zero-order valence-corrected chi connectivity index (χ0v) is 18.5. The third-order valence-corrected chi connectivity index (χ3v) is 5.80. The molecule has 1 fully saturated rings. The Hall–Kier alpha value is -3.45. The molecule has 1 amide bonds. The molecule has 4 rings (SSSR count). The van der Waals surface area contributed by atoms with E-state index in [4.69, 9.17) is 13.9 Å². The lowest BCUT2D eigenvalue weighted by Gasteiger charge is -2.18. The van der Waals surface area contributed by atoms with Crippen LogP contribution in [-0.4, -0.2) is 55.5 Å². The lowest BCUT2D eigenvalue weighted by molar-refractivity contribution is -0.133. The van der Waals surface area contributed by atoms with E-state index in [0.29, 0.717) is 31.7 Å². The minimum atomic E-state index is -0.676. The molecule has 3 atom stereocenters. The molecule has 0 radical (unpaired) electrons. The first-order chi connectivity index (χ1) is 16.0. The SMILES string of the molecule is COC1CNCC(C(=O)NC(C#N)Cc2ccc(-c3ccc4oc(=O)n(C)c4c3)cc2)OC1. The molecule has 0 bridgehead atoms. The summed E-state index contributed by atoms with van der Waals surface area (Å²) in [6.45, 7) is 1.29. The topological polar surface area (TPSA) is 119 Å². The average Bonchev–Trinajstić information content (AvgIpc) is 2.99. The number of rotatable bonds is 6. The fraction of sp³-hybridized carbons (Fsp3) is 0.375. The van der Waals surface area contributed by atoms with E-state index in [0.717, 1.165) is 22.2 Å². The molecule has 172 valence electrons. The largest absolute Gasteiger partial charge is 0.419 e. The highest BCUT2D eigenvalue weighted by Crippen LogP contribution is 2.24. The van der Waals surface area contributed by atoms with E-state index < -0.39 is 17.9 Å². The second-order valence-electron chi connectivity index (χ2n) is 8.04. The van der Waals surface area contributed by atoms with Crippen LogP contribution >= 0.6 is 0 Å². The molecule has 0 aliphatic carbocycles. The minimum absolute atomic E-state index is 0.104. The highest BCUT2D eigenvalue weighted by molar-refractivity contribution is 5.82. The number of hydrogen-bond donors (Lipinski definition) is 2. The number of oxazole rings is 1. The van der Waals surface area contributed by atoms with Gasteiger partial charge in [-0.15, -0.1) is 0 Å². The number of benzene rings is 2. The number of aromatic nitrogens is 1. The molecule has 3 aromatic rings. The maximum atomic E-state index is 12.6. The van der Waals surface area contributed by atoms with Crippen molar-refractivity contribution in [3.05, 3.63) is 58.6 Å². The normalized spacial score (nSPS) is 19.5. The molecule has 9 heteroatoms. The van der Waals surface area contributed by atoms with Crippen molar-refractivity contribution in [1.82, 2.24) is 15.2 Å². The Morgan fingerprint density at radius 3 is 2.76 bits per heavy atom. The first-order valence-electron chi connectivity index (χ1n) is 10.7. The Morgan fingerprint density at radius 2 is 2.03 bits per heavy atom. The van der Waals surface area contributed by atoms with Gasteiger partial charge in [0.05, 0.1) is 24.3 Å². The van der Waals surface area contributed by atoms with Crippen LogP contribution in [0.15, 0.2) is 51.7 Å². The quantitative estimate of drug-likeness (QED) is 0.582. The third-order valence-electron chi connectivity index (χ3n) is 5.80. The monoisotopic (exact) mass is 450 g/mol. The van der Waals surface area contributed by atoms with E-state index in [9.17, 15) is 14.9 Å². The lowest BCUT2D eigenvalue weighted by Crippen LogP contribution is -2.46. The van der Waals surface area contributed by atoms with Gasteiger partial charge in [0.1, 0.15) is 12.1 Å². The van der Waals surface area contributed by atoms with Crippen LogP contribution in [0, 0.1) is 11.3 Å². The fourth-order valence-corrected chi connectivity index (χ4v) is 3.81. The van der Waals surface area contributed by atoms with E-state index in [1.54, 1.807) is 20.2 Å². The van der Waals surface area contributed by atoms with Gasteiger partial charge in [0.15, 0.2) is 5.58 Å². The van der Waals surface area contributed by atoms with Gasteiger partial charge >= 0.3 is 5.76 Å². The zero-order valence-electron chi connectivity index (χ0n) is 18.5. The number of ether oxygens (including phenoxy) is 2. The number of carbonyl (C=O) groups excluding carboxylic acids is 1. The maximum Gasteiger partial charge on any atom is 0.419 e. The number of nitrogens with one attached hydrogen (secondary N) is 2. The summed E-state index contributed by atoms with van der Waals surface area (Å²) in [4.78, 5) is 24.3. The molecule has 1 aliphatic heterocycles. The second kappa shape index (κ2) is 10.0. The molecule has 1 aliphatic rings. The standard InChI is InChI=1S/C24H26N4O5/c1-28-20-10-17(7-8-21(20)33-24(28)30)16-5-3-15(4-6-16)9-18(11-25)27-23(29)22-13-26-12-19(31-2)14-32-22/h3-8,10,18-19,22,26H,9,12-14H2,1-2H3,(H,27,29). The molecule has 0 spiro atoms. The van der Waals surface area contributed by atoms with Crippen LogP contribution in [0.3, 0.4) is 0 Å². The summed E-state index contributed by atoms with van der Waals surface area (Å²) in [5, 5.41) is 15.5. The van der Waals surface area contributed by atoms with Crippen molar-refractivity contribution in [2.75, 3.05) is 26.8 Å². The van der Waals surface area contributed by atoms with E-state index >= 15 is 0 Å². The first kappa shape index (κ1) is 22.7. The van der Waals surface area contributed by atoms with Crippen molar-refractivity contribution in [2.45, 2.75) is 24.7 Å². The summed E-state index contributed by atoms with van der Waals surface area (Å²) in [7, 11) is 3.27. The zero-order chi connectivity index (χ0) is 23.4. The number of amides is 1.